The number of para-hydroxylation sites is 2. The average Bonchev–Trinajstić information content (AvgIpc) is 4.25. The van der Waals surface area contributed by atoms with Crippen LogP contribution >= 0.6 is 34.9 Å². The predicted molar refractivity (Wildman–Crippen MR) is 363 cm³/mol. The number of hydrogen-bond donors (Lipinski definition) is 0. The molecule has 0 bridgehead atoms. The minimum absolute atomic E-state index is 0.647. The second-order valence-corrected chi connectivity index (χ2v) is 23.0. The number of nitrogens with zero attached hydrogens (tertiary/aromatic N) is 4. The van der Waals surface area contributed by atoms with E-state index in [0.717, 1.165) is 55.0 Å². The van der Waals surface area contributed by atoms with Crippen molar-refractivity contribution >= 4 is 120 Å². The third-order valence-electron chi connectivity index (χ3n) is 14.2. The molecule has 0 spiro atoms. The Labute approximate surface area is 490 Å². The van der Waals surface area contributed by atoms with Crippen molar-refractivity contribution in [3.8, 4) is 34.0 Å². The van der Waals surface area contributed by atoms with Crippen molar-refractivity contribution in [1.82, 2.24) is 19.1 Å². The van der Waals surface area contributed by atoms with Gasteiger partial charge in [-0.3, -0.25) is 4.57 Å². The number of rotatable bonds is 7. The zero-order chi connectivity index (χ0) is 56.6. The number of hydrogen-bond acceptors (Lipinski definition) is 5. The Morgan fingerprint density at radius 3 is 1.98 bits per heavy atom. The minimum atomic E-state index is 0.647. The lowest BCUT2D eigenvalue weighted by atomic mass is 9.97. The molecule has 1 aliphatic rings. The Morgan fingerprint density at radius 1 is 0.568 bits per heavy atom. The van der Waals surface area contributed by atoms with Gasteiger partial charge in [-0.1, -0.05) is 238 Å². The van der Waals surface area contributed by atoms with Crippen molar-refractivity contribution in [3.63, 3.8) is 0 Å². The van der Waals surface area contributed by atoms with Crippen LogP contribution in [0.1, 0.15) is 67.9 Å². The molecule has 7 heteroatoms. The van der Waals surface area contributed by atoms with Crippen LogP contribution in [0.15, 0.2) is 235 Å². The van der Waals surface area contributed by atoms with Crippen LogP contribution < -0.4 is 0 Å². The fourth-order valence-electron chi connectivity index (χ4n) is 11.1. The molecule has 4 nitrogen and oxygen atoms in total. The zero-order valence-corrected chi connectivity index (χ0v) is 50.4. The summed E-state index contributed by atoms with van der Waals surface area (Å²) >= 11 is 5.48. The molecule has 81 heavy (non-hydrogen) atoms. The van der Waals surface area contributed by atoms with Gasteiger partial charge in [-0.2, -0.15) is 0 Å². The van der Waals surface area contributed by atoms with E-state index in [1.54, 1.807) is 23.5 Å². The molecule has 5 heterocycles. The fraction of sp³-hybridized carbons (Fsp3) is 0.162. The molecule has 0 amide bonds. The Bertz CT molecular complexity index is 4490. The van der Waals surface area contributed by atoms with E-state index in [4.69, 9.17) is 9.97 Å². The highest BCUT2D eigenvalue weighted by molar-refractivity contribution is 8.03. The van der Waals surface area contributed by atoms with Crippen LogP contribution in [0.2, 0.25) is 0 Å². The topological polar surface area (TPSA) is 35.6 Å². The van der Waals surface area contributed by atoms with Gasteiger partial charge < -0.3 is 4.57 Å². The fourth-order valence-corrected chi connectivity index (χ4v) is 14.0. The summed E-state index contributed by atoms with van der Waals surface area (Å²) < 4.78 is 7.49. The Hall–Kier alpha value is -7.94. The van der Waals surface area contributed by atoms with Crippen LogP contribution in [0.3, 0.4) is 0 Å². The quantitative estimate of drug-likeness (QED) is 0.118. The van der Waals surface area contributed by atoms with Gasteiger partial charge in [0.25, 0.3) is 0 Å². The van der Waals surface area contributed by atoms with Gasteiger partial charge in [0.05, 0.1) is 22.1 Å². The summed E-state index contributed by atoms with van der Waals surface area (Å²) in [7, 11) is 0. The molecular formula is C74H70N4S3. The van der Waals surface area contributed by atoms with Crippen LogP contribution in [0.25, 0.3) is 119 Å². The first-order chi connectivity index (χ1) is 39.9. The number of thiophene rings is 1. The lowest BCUT2D eigenvalue weighted by Crippen LogP contribution is -2.08. The molecule has 9 aromatic carbocycles. The third kappa shape index (κ3) is 10.8. The molecule has 0 unspecified atom stereocenters. The Kier molecular flexibility index (Phi) is 17.9. The second-order valence-electron chi connectivity index (χ2n) is 19.2. The summed E-state index contributed by atoms with van der Waals surface area (Å²) in [6.45, 7) is 22.2. The predicted octanol–water partition coefficient (Wildman–Crippen LogP) is 22.7. The lowest BCUT2D eigenvalue weighted by Gasteiger charge is -2.18. The standard InChI is InChI=1S/C60H38N4S2.C8H14S.3C2H6/c1-2-15-34-65-60-48(26-6-1)59(61-58(62-60)46-27-16-18-37-17-7-8-21-41(37)46)64-51-33-31-38(39-30-32-43-42-22-11-13-28-50(42)63(52(43)36-39)40-19-4-3-5-20-40)35-49(51)54-44-23-9-10-24-45(44)57-55(56(54)64)47-25-12-14-29-53(47)66-57;1-5-6-8(4)9-7(2)3;3*1-2/h1-25,27-33,35-36H,26,34H2;5-7H,4H2,1-3H3;3*1-2H3/b6-1-,15-2-;6-5-;;;. The zero-order valence-electron chi connectivity index (χ0n) is 48.0. The number of fused-ring (bicyclic) bond motifs is 15. The van der Waals surface area contributed by atoms with Gasteiger partial charge in [0.15, 0.2) is 5.82 Å². The van der Waals surface area contributed by atoms with Gasteiger partial charge in [0.2, 0.25) is 0 Å². The highest BCUT2D eigenvalue weighted by Crippen LogP contribution is 2.49. The van der Waals surface area contributed by atoms with Crippen molar-refractivity contribution in [2.45, 2.75) is 79.0 Å². The molecule has 14 rings (SSSR count). The van der Waals surface area contributed by atoms with Gasteiger partial charge in [-0.25, -0.2) is 9.97 Å². The van der Waals surface area contributed by atoms with Gasteiger partial charge in [-0.15, -0.1) is 34.9 Å². The first kappa shape index (κ1) is 56.3. The molecule has 4 aromatic heterocycles. The molecule has 0 atom stereocenters. The van der Waals surface area contributed by atoms with Crippen molar-refractivity contribution in [2.24, 2.45) is 0 Å². The molecule has 0 N–H and O–H groups in total. The first-order valence-electron chi connectivity index (χ1n) is 28.6. The summed E-state index contributed by atoms with van der Waals surface area (Å²) in [6.07, 6.45) is 13.6. The molecule has 0 radical (unpaired) electrons. The summed E-state index contributed by atoms with van der Waals surface area (Å²) in [6, 6.07) is 66.6. The van der Waals surface area contributed by atoms with E-state index in [0.29, 0.717) is 11.7 Å². The Morgan fingerprint density at radius 2 is 1.20 bits per heavy atom. The average molecular weight is 1110 g/mol. The van der Waals surface area contributed by atoms with E-state index in [1.165, 1.54) is 85.6 Å². The first-order valence-corrected chi connectivity index (χ1v) is 31.3. The van der Waals surface area contributed by atoms with Crippen molar-refractivity contribution in [1.29, 1.82) is 0 Å². The highest BCUT2D eigenvalue weighted by atomic mass is 32.2. The summed E-state index contributed by atoms with van der Waals surface area (Å²) in [4.78, 5) is 12.4. The van der Waals surface area contributed by atoms with Crippen LogP contribution in [0.5, 0.6) is 0 Å². The van der Waals surface area contributed by atoms with Gasteiger partial charge in [0.1, 0.15) is 10.8 Å². The largest absolute Gasteiger partial charge is 0.309 e. The second kappa shape index (κ2) is 25.7. The van der Waals surface area contributed by atoms with Gasteiger partial charge >= 0.3 is 0 Å². The minimum Gasteiger partial charge on any atom is -0.309 e. The van der Waals surface area contributed by atoms with Crippen LogP contribution in [-0.4, -0.2) is 30.1 Å². The van der Waals surface area contributed by atoms with E-state index in [-0.39, 0.29) is 0 Å². The monoisotopic (exact) mass is 1110 g/mol. The van der Waals surface area contributed by atoms with Crippen LogP contribution in [0, 0.1) is 0 Å². The van der Waals surface area contributed by atoms with Crippen LogP contribution in [-0.2, 0) is 6.42 Å². The molecular weight excluding hydrogens is 1040 g/mol. The number of allylic oxidation sites excluding steroid dienone is 5. The van der Waals surface area contributed by atoms with Gasteiger partial charge in [0, 0.05) is 74.9 Å². The van der Waals surface area contributed by atoms with Crippen molar-refractivity contribution in [3.05, 3.63) is 235 Å². The molecule has 0 fully saturated rings. The summed E-state index contributed by atoms with van der Waals surface area (Å²) in [5.41, 5.74) is 10.4. The molecule has 1 aliphatic heterocycles. The SMILES string of the molecule is C1=C\CSc2nc(-c3cccc4ccccc34)nc(-n3c4ccc(-c5ccc6c7ccccc7n(-c7ccccc7)c6c5)cc4c4c5ccccc5c5sc6ccccc6c5c43)c2C\C=C/1.C=C(/C=C\C)SC(C)C.CC.CC.CC. The number of thioether (sulfide) groups is 2. The van der Waals surface area contributed by atoms with Crippen LogP contribution in [0.4, 0.5) is 0 Å². The van der Waals surface area contributed by atoms with Crippen molar-refractivity contribution in [2.75, 3.05) is 5.75 Å². The normalized spacial score (nSPS) is 13.0. The molecule has 13 aromatic rings. The maximum Gasteiger partial charge on any atom is 0.163 e. The molecule has 404 valence electrons. The third-order valence-corrected chi connectivity index (χ3v) is 17.3. The Balaban J connectivity index is 0.000000443. The lowest BCUT2D eigenvalue weighted by molar-refractivity contribution is 0.928. The summed E-state index contributed by atoms with van der Waals surface area (Å²) in [5, 5.41) is 14.0. The number of aromatic nitrogens is 4. The molecule has 0 aliphatic carbocycles. The van der Waals surface area contributed by atoms with E-state index in [1.807, 2.05) is 72.0 Å². The molecule has 0 saturated heterocycles. The van der Waals surface area contributed by atoms with Crippen molar-refractivity contribution < 1.29 is 0 Å². The number of benzene rings is 9. The maximum atomic E-state index is 5.76. The van der Waals surface area contributed by atoms with E-state index in [2.05, 4.69) is 236 Å². The highest BCUT2D eigenvalue weighted by Gasteiger charge is 2.27. The van der Waals surface area contributed by atoms with E-state index >= 15 is 0 Å². The smallest absolute Gasteiger partial charge is 0.163 e. The maximum absolute atomic E-state index is 5.76. The van der Waals surface area contributed by atoms with Gasteiger partial charge in [-0.05, 0) is 88.0 Å². The summed E-state index contributed by atoms with van der Waals surface area (Å²) in [5.74, 6) is 2.48. The van der Waals surface area contributed by atoms with E-state index in [9.17, 15) is 0 Å². The van der Waals surface area contributed by atoms with E-state index < -0.39 is 0 Å². The molecule has 0 saturated carbocycles.